The van der Waals surface area contributed by atoms with E-state index in [9.17, 15) is 9.59 Å². The number of amides is 2. The van der Waals surface area contributed by atoms with Crippen LogP contribution in [0, 0.1) is 5.92 Å². The van der Waals surface area contributed by atoms with E-state index in [2.05, 4.69) is 5.32 Å². The van der Waals surface area contributed by atoms with Gasteiger partial charge in [-0.15, -0.1) is 0 Å². The predicted octanol–water partition coefficient (Wildman–Crippen LogP) is 3.47. The predicted molar refractivity (Wildman–Crippen MR) is 104 cm³/mol. The van der Waals surface area contributed by atoms with Crippen LogP contribution in [0.25, 0.3) is 0 Å². The first-order valence-electron chi connectivity index (χ1n) is 8.98. The number of benzene rings is 2. The Kier molecular flexibility index (Phi) is 5.64. The van der Waals surface area contributed by atoms with Crippen LogP contribution in [-0.4, -0.2) is 31.6 Å². The lowest BCUT2D eigenvalue weighted by molar-refractivity contribution is -0.122. The molecule has 1 atom stereocenters. The second kappa shape index (κ2) is 8.12. The lowest BCUT2D eigenvalue weighted by Crippen LogP contribution is -2.28. The zero-order valence-corrected chi connectivity index (χ0v) is 15.8. The number of methoxy groups -OCH3 is 1. The zero-order valence-electron chi connectivity index (χ0n) is 15.8. The van der Waals surface area contributed by atoms with Gasteiger partial charge in [-0.05, 0) is 50.2 Å². The number of nitrogens with one attached hydrogen (secondary N) is 1. The van der Waals surface area contributed by atoms with Gasteiger partial charge in [-0.2, -0.15) is 0 Å². The molecule has 0 spiro atoms. The Balaban J connectivity index is 1.64. The van der Waals surface area contributed by atoms with Crippen molar-refractivity contribution in [1.29, 1.82) is 0 Å². The van der Waals surface area contributed by atoms with Crippen molar-refractivity contribution in [3.8, 4) is 11.5 Å². The highest BCUT2D eigenvalue weighted by Gasteiger charge is 2.35. The fourth-order valence-corrected chi connectivity index (χ4v) is 3.05. The third-order valence-corrected chi connectivity index (χ3v) is 4.35. The third kappa shape index (κ3) is 4.58. The summed E-state index contributed by atoms with van der Waals surface area (Å²) in [6.45, 7) is 4.28. The van der Waals surface area contributed by atoms with Gasteiger partial charge in [0, 0.05) is 30.4 Å². The molecule has 1 heterocycles. The molecule has 6 nitrogen and oxygen atoms in total. The molecule has 1 aliphatic rings. The number of anilines is 2. The fraction of sp³-hybridized carbons (Fsp3) is 0.333. The monoisotopic (exact) mass is 368 g/mol. The number of nitrogens with zero attached hydrogens (tertiary/aromatic N) is 1. The molecule has 2 amide bonds. The minimum absolute atomic E-state index is 0.0571. The second-order valence-corrected chi connectivity index (χ2v) is 6.79. The summed E-state index contributed by atoms with van der Waals surface area (Å²) in [7, 11) is 1.58. The summed E-state index contributed by atoms with van der Waals surface area (Å²) in [5.41, 5.74) is 1.42. The Hall–Kier alpha value is -3.02. The van der Waals surface area contributed by atoms with Crippen molar-refractivity contribution in [3.05, 3.63) is 48.5 Å². The highest BCUT2D eigenvalue weighted by atomic mass is 16.5. The Bertz CT molecular complexity index is 817. The molecule has 1 fully saturated rings. The molecule has 0 aromatic heterocycles. The quantitative estimate of drug-likeness (QED) is 0.848. The molecule has 0 aliphatic carbocycles. The van der Waals surface area contributed by atoms with Crippen molar-refractivity contribution in [3.63, 3.8) is 0 Å². The smallest absolute Gasteiger partial charge is 0.229 e. The molecular formula is C21H24N2O4. The first kappa shape index (κ1) is 18.8. The summed E-state index contributed by atoms with van der Waals surface area (Å²) in [5.74, 6) is 0.806. The van der Waals surface area contributed by atoms with Gasteiger partial charge >= 0.3 is 0 Å². The fourth-order valence-electron chi connectivity index (χ4n) is 3.05. The summed E-state index contributed by atoms with van der Waals surface area (Å²) < 4.78 is 10.8. The van der Waals surface area contributed by atoms with Crippen LogP contribution in [0.2, 0.25) is 0 Å². The highest BCUT2D eigenvalue weighted by molar-refractivity contribution is 6.03. The molecule has 0 bridgehead atoms. The van der Waals surface area contributed by atoms with Crippen molar-refractivity contribution in [1.82, 2.24) is 0 Å². The van der Waals surface area contributed by atoms with E-state index in [1.54, 1.807) is 30.2 Å². The van der Waals surface area contributed by atoms with Crippen molar-refractivity contribution >= 4 is 23.2 Å². The van der Waals surface area contributed by atoms with Gasteiger partial charge in [0.2, 0.25) is 11.8 Å². The molecule has 3 rings (SSSR count). The van der Waals surface area contributed by atoms with Crippen LogP contribution in [0.3, 0.4) is 0 Å². The highest BCUT2D eigenvalue weighted by Crippen LogP contribution is 2.28. The lowest BCUT2D eigenvalue weighted by Gasteiger charge is -2.18. The minimum atomic E-state index is -0.393. The average Bonchev–Trinajstić information content (AvgIpc) is 3.04. The third-order valence-electron chi connectivity index (χ3n) is 4.35. The summed E-state index contributed by atoms with van der Waals surface area (Å²) in [6.07, 6.45) is 0.286. The number of hydrogen-bond acceptors (Lipinski definition) is 4. The molecule has 1 aliphatic heterocycles. The number of ether oxygens (including phenoxy) is 2. The molecule has 142 valence electrons. The second-order valence-electron chi connectivity index (χ2n) is 6.79. The van der Waals surface area contributed by atoms with E-state index < -0.39 is 5.92 Å². The van der Waals surface area contributed by atoms with Gasteiger partial charge in [0.05, 0.1) is 19.1 Å². The van der Waals surface area contributed by atoms with Gasteiger partial charge in [-0.3, -0.25) is 9.59 Å². The summed E-state index contributed by atoms with van der Waals surface area (Å²) >= 11 is 0. The van der Waals surface area contributed by atoms with Gasteiger partial charge in [-0.25, -0.2) is 0 Å². The average molecular weight is 368 g/mol. The molecule has 2 aromatic rings. The molecule has 1 N–H and O–H groups in total. The first-order valence-corrected chi connectivity index (χ1v) is 8.98. The number of carbonyl (C=O) groups excluding carboxylic acids is 2. The number of carbonyl (C=O) groups is 2. The van der Waals surface area contributed by atoms with Crippen LogP contribution in [0.1, 0.15) is 20.3 Å². The maximum atomic E-state index is 12.6. The van der Waals surface area contributed by atoms with E-state index >= 15 is 0 Å². The Labute approximate surface area is 159 Å². The maximum absolute atomic E-state index is 12.6. The summed E-state index contributed by atoms with van der Waals surface area (Å²) in [4.78, 5) is 26.6. The SMILES string of the molecule is COc1cccc(NC(=O)[C@@H]2CC(=O)N(c3ccc(OC(C)C)cc3)C2)c1. The van der Waals surface area contributed by atoms with Crippen LogP contribution < -0.4 is 19.7 Å². The molecule has 6 heteroatoms. The summed E-state index contributed by atoms with van der Waals surface area (Å²) in [6, 6.07) is 14.5. The largest absolute Gasteiger partial charge is 0.497 e. The van der Waals surface area contributed by atoms with Crippen LogP contribution in [0.4, 0.5) is 11.4 Å². The van der Waals surface area contributed by atoms with Crippen molar-refractivity contribution < 1.29 is 19.1 Å². The Morgan fingerprint density at radius 1 is 1.15 bits per heavy atom. The van der Waals surface area contributed by atoms with Crippen LogP contribution in [0.15, 0.2) is 48.5 Å². The van der Waals surface area contributed by atoms with E-state index in [4.69, 9.17) is 9.47 Å². The first-order chi connectivity index (χ1) is 13.0. The molecule has 27 heavy (non-hydrogen) atoms. The van der Waals surface area contributed by atoms with Gasteiger partial charge in [0.25, 0.3) is 0 Å². The van der Waals surface area contributed by atoms with E-state index in [1.165, 1.54) is 0 Å². The zero-order chi connectivity index (χ0) is 19.4. The van der Waals surface area contributed by atoms with Crippen molar-refractivity contribution in [2.45, 2.75) is 26.4 Å². The Morgan fingerprint density at radius 3 is 2.56 bits per heavy atom. The number of rotatable bonds is 6. The molecular weight excluding hydrogens is 344 g/mol. The van der Waals surface area contributed by atoms with Crippen LogP contribution in [0.5, 0.6) is 11.5 Å². The lowest BCUT2D eigenvalue weighted by atomic mass is 10.1. The molecule has 0 saturated carbocycles. The van der Waals surface area contributed by atoms with Gasteiger partial charge in [-0.1, -0.05) is 6.07 Å². The van der Waals surface area contributed by atoms with E-state index in [-0.39, 0.29) is 24.3 Å². The van der Waals surface area contributed by atoms with E-state index in [1.807, 2.05) is 44.2 Å². The molecule has 0 unspecified atom stereocenters. The molecule has 1 saturated heterocycles. The standard InChI is InChI=1S/C21H24N2O4/c1-14(2)27-18-9-7-17(8-10-18)23-13-15(11-20(23)24)21(25)22-16-5-4-6-19(12-16)26-3/h4-10,12,14-15H,11,13H2,1-3H3,(H,22,25)/t15-/m1/s1. The van der Waals surface area contributed by atoms with E-state index in [0.717, 1.165) is 11.4 Å². The Morgan fingerprint density at radius 2 is 1.89 bits per heavy atom. The van der Waals surface area contributed by atoms with Crippen LogP contribution >= 0.6 is 0 Å². The molecule has 2 aromatic carbocycles. The molecule has 0 radical (unpaired) electrons. The minimum Gasteiger partial charge on any atom is -0.497 e. The van der Waals surface area contributed by atoms with Crippen molar-refractivity contribution in [2.75, 3.05) is 23.9 Å². The topological polar surface area (TPSA) is 67.9 Å². The van der Waals surface area contributed by atoms with Crippen molar-refractivity contribution in [2.24, 2.45) is 5.92 Å². The van der Waals surface area contributed by atoms with E-state index in [0.29, 0.717) is 18.0 Å². The summed E-state index contributed by atoms with van der Waals surface area (Å²) in [5, 5.41) is 2.86. The van der Waals surface area contributed by atoms with Gasteiger partial charge in [0.15, 0.2) is 0 Å². The van der Waals surface area contributed by atoms with Crippen LogP contribution in [-0.2, 0) is 9.59 Å². The maximum Gasteiger partial charge on any atom is 0.229 e. The normalized spacial score (nSPS) is 16.5. The van der Waals surface area contributed by atoms with Gasteiger partial charge < -0.3 is 19.7 Å². The number of hydrogen-bond donors (Lipinski definition) is 1. The van der Waals surface area contributed by atoms with Gasteiger partial charge in [0.1, 0.15) is 11.5 Å².